The minimum Gasteiger partial charge on any atom is -0.474 e. The standard InChI is InChI=1S/C23H33N5O3/c29-17-5-3-15(4-6-17)19-12-25-22(31-18-7-9-24-10-8-18)20-13-26-23(28-21(19)20)27-16-2-1-11-30-14-16/h12-13,15-18,24,29H,1-11,14H2,(H,26,27,28)/t15-,16-,17-/m0/s1. The smallest absolute Gasteiger partial charge is 0.224 e. The van der Waals surface area contributed by atoms with E-state index < -0.39 is 0 Å². The molecule has 1 atom stereocenters. The predicted octanol–water partition coefficient (Wildman–Crippen LogP) is 2.77. The molecule has 3 aliphatic rings. The van der Waals surface area contributed by atoms with Gasteiger partial charge in [0.25, 0.3) is 0 Å². The van der Waals surface area contributed by atoms with E-state index in [0.717, 1.165) is 87.5 Å². The Morgan fingerprint density at radius 2 is 1.87 bits per heavy atom. The first kappa shape index (κ1) is 20.8. The van der Waals surface area contributed by atoms with E-state index in [9.17, 15) is 5.11 Å². The van der Waals surface area contributed by atoms with Gasteiger partial charge in [-0.15, -0.1) is 0 Å². The third-order valence-electron chi connectivity index (χ3n) is 6.81. The summed E-state index contributed by atoms with van der Waals surface area (Å²) in [7, 11) is 0. The van der Waals surface area contributed by atoms with Crippen LogP contribution in [0.3, 0.4) is 0 Å². The zero-order valence-electron chi connectivity index (χ0n) is 18.1. The van der Waals surface area contributed by atoms with Crippen molar-refractivity contribution in [1.82, 2.24) is 20.3 Å². The monoisotopic (exact) mass is 427 g/mol. The molecule has 31 heavy (non-hydrogen) atoms. The van der Waals surface area contributed by atoms with Crippen LogP contribution in [0.5, 0.6) is 5.88 Å². The van der Waals surface area contributed by atoms with Crippen LogP contribution in [-0.2, 0) is 4.74 Å². The molecule has 4 heterocycles. The van der Waals surface area contributed by atoms with E-state index >= 15 is 0 Å². The zero-order chi connectivity index (χ0) is 21.0. The van der Waals surface area contributed by atoms with Gasteiger partial charge in [0.05, 0.1) is 29.7 Å². The van der Waals surface area contributed by atoms with Gasteiger partial charge in [-0.3, -0.25) is 0 Å². The maximum atomic E-state index is 9.95. The Bertz CT molecular complexity index is 875. The van der Waals surface area contributed by atoms with Crippen LogP contribution in [0.1, 0.15) is 62.8 Å². The molecule has 0 bridgehead atoms. The summed E-state index contributed by atoms with van der Waals surface area (Å²) in [5.41, 5.74) is 2.07. The molecule has 1 saturated carbocycles. The highest BCUT2D eigenvalue weighted by Crippen LogP contribution is 2.38. The molecule has 2 aromatic rings. The molecule has 168 valence electrons. The van der Waals surface area contributed by atoms with E-state index in [-0.39, 0.29) is 18.2 Å². The Labute approximate surface area is 183 Å². The number of anilines is 1. The van der Waals surface area contributed by atoms with Crippen molar-refractivity contribution in [2.24, 2.45) is 0 Å². The molecule has 2 saturated heterocycles. The number of nitrogens with one attached hydrogen (secondary N) is 2. The van der Waals surface area contributed by atoms with Crippen molar-refractivity contribution in [3.05, 3.63) is 18.0 Å². The second-order valence-electron chi connectivity index (χ2n) is 9.11. The molecular weight excluding hydrogens is 394 g/mol. The van der Waals surface area contributed by atoms with E-state index in [4.69, 9.17) is 19.4 Å². The van der Waals surface area contributed by atoms with Crippen LogP contribution in [0.25, 0.3) is 10.9 Å². The minimum absolute atomic E-state index is 0.171. The highest BCUT2D eigenvalue weighted by molar-refractivity contribution is 5.86. The number of fused-ring (bicyclic) bond motifs is 1. The summed E-state index contributed by atoms with van der Waals surface area (Å²) in [4.78, 5) is 14.3. The lowest BCUT2D eigenvalue weighted by Crippen LogP contribution is -2.34. The average Bonchev–Trinajstić information content (AvgIpc) is 2.81. The Kier molecular flexibility index (Phi) is 6.47. The molecule has 5 rings (SSSR count). The van der Waals surface area contributed by atoms with Crippen LogP contribution in [-0.4, -0.2) is 64.6 Å². The lowest BCUT2D eigenvalue weighted by Gasteiger charge is -2.27. The van der Waals surface area contributed by atoms with Gasteiger partial charge in [0, 0.05) is 24.6 Å². The number of aromatic nitrogens is 3. The Balaban J connectivity index is 1.46. The van der Waals surface area contributed by atoms with Crippen LogP contribution in [0.4, 0.5) is 5.95 Å². The van der Waals surface area contributed by atoms with Gasteiger partial charge < -0.3 is 25.2 Å². The van der Waals surface area contributed by atoms with Crippen molar-refractivity contribution >= 4 is 16.9 Å². The number of pyridine rings is 1. The van der Waals surface area contributed by atoms with Gasteiger partial charge in [-0.2, -0.15) is 0 Å². The van der Waals surface area contributed by atoms with E-state index in [1.54, 1.807) is 0 Å². The van der Waals surface area contributed by atoms with Gasteiger partial charge in [-0.25, -0.2) is 15.0 Å². The van der Waals surface area contributed by atoms with Gasteiger partial charge in [0.1, 0.15) is 6.10 Å². The molecule has 0 radical (unpaired) electrons. The molecule has 0 aromatic carbocycles. The molecule has 0 unspecified atom stereocenters. The van der Waals surface area contributed by atoms with Crippen LogP contribution < -0.4 is 15.4 Å². The normalized spacial score (nSPS) is 27.8. The Morgan fingerprint density at radius 1 is 1.03 bits per heavy atom. The largest absolute Gasteiger partial charge is 0.474 e. The fourth-order valence-electron chi connectivity index (χ4n) is 4.97. The SMILES string of the molecule is O[C@H]1CC[C@H](c2cnc(OC3CCNCC3)c3cnc(N[C@H]4CCCOC4)nc32)CC1. The summed E-state index contributed by atoms with van der Waals surface area (Å²) < 4.78 is 11.9. The molecule has 3 N–H and O–H groups in total. The highest BCUT2D eigenvalue weighted by atomic mass is 16.5. The second-order valence-corrected chi connectivity index (χ2v) is 9.11. The first-order valence-electron chi connectivity index (χ1n) is 11.8. The fraction of sp³-hybridized carbons (Fsp3) is 0.696. The van der Waals surface area contributed by atoms with Gasteiger partial charge >= 0.3 is 0 Å². The van der Waals surface area contributed by atoms with Crippen molar-refractivity contribution in [3.8, 4) is 5.88 Å². The number of piperidine rings is 1. The fourth-order valence-corrected chi connectivity index (χ4v) is 4.97. The van der Waals surface area contributed by atoms with Crippen molar-refractivity contribution < 1.29 is 14.6 Å². The number of hydrogen-bond acceptors (Lipinski definition) is 8. The topological polar surface area (TPSA) is 101 Å². The van der Waals surface area contributed by atoms with Gasteiger partial charge in [0.2, 0.25) is 11.8 Å². The van der Waals surface area contributed by atoms with E-state index in [0.29, 0.717) is 24.4 Å². The second kappa shape index (κ2) is 9.63. The number of nitrogens with zero attached hydrogens (tertiary/aromatic N) is 3. The summed E-state index contributed by atoms with van der Waals surface area (Å²) >= 11 is 0. The van der Waals surface area contributed by atoms with Gasteiger partial charge in [0.15, 0.2) is 0 Å². The third-order valence-corrected chi connectivity index (χ3v) is 6.81. The van der Waals surface area contributed by atoms with Crippen LogP contribution in [0.15, 0.2) is 12.4 Å². The van der Waals surface area contributed by atoms with Gasteiger partial charge in [-0.1, -0.05) is 0 Å². The van der Waals surface area contributed by atoms with E-state index in [1.807, 2.05) is 12.4 Å². The van der Waals surface area contributed by atoms with Crippen molar-refractivity contribution in [2.45, 2.75) is 75.5 Å². The number of aliphatic hydroxyl groups excluding tert-OH is 1. The van der Waals surface area contributed by atoms with Crippen LogP contribution >= 0.6 is 0 Å². The predicted molar refractivity (Wildman–Crippen MR) is 119 cm³/mol. The summed E-state index contributed by atoms with van der Waals surface area (Å²) in [5.74, 6) is 1.63. The Hall–Kier alpha value is -2.03. The molecule has 0 spiro atoms. The maximum Gasteiger partial charge on any atom is 0.224 e. The summed E-state index contributed by atoms with van der Waals surface area (Å²) in [6.45, 7) is 3.46. The van der Waals surface area contributed by atoms with E-state index in [2.05, 4.69) is 15.6 Å². The molecule has 2 aromatic heterocycles. The zero-order valence-corrected chi connectivity index (χ0v) is 18.1. The third kappa shape index (κ3) is 4.91. The number of aliphatic hydroxyl groups is 1. The molecule has 0 amide bonds. The lowest BCUT2D eigenvalue weighted by molar-refractivity contribution is 0.0874. The van der Waals surface area contributed by atoms with Crippen LogP contribution in [0, 0.1) is 0 Å². The molecule has 3 fully saturated rings. The van der Waals surface area contributed by atoms with Crippen molar-refractivity contribution in [1.29, 1.82) is 0 Å². The maximum absolute atomic E-state index is 9.95. The molecule has 8 heteroatoms. The molecule has 1 aliphatic carbocycles. The highest BCUT2D eigenvalue weighted by Gasteiger charge is 2.26. The quantitative estimate of drug-likeness (QED) is 0.670. The van der Waals surface area contributed by atoms with Crippen molar-refractivity contribution in [3.63, 3.8) is 0 Å². The molecular formula is C23H33N5O3. The first-order valence-corrected chi connectivity index (χ1v) is 11.8. The molecule has 8 nitrogen and oxygen atoms in total. The van der Waals surface area contributed by atoms with E-state index in [1.165, 1.54) is 0 Å². The van der Waals surface area contributed by atoms with Crippen LogP contribution in [0.2, 0.25) is 0 Å². The minimum atomic E-state index is -0.184. The summed E-state index contributed by atoms with van der Waals surface area (Å²) in [6, 6.07) is 0.242. The number of ether oxygens (including phenoxy) is 2. The first-order chi connectivity index (χ1) is 15.3. The number of hydrogen-bond donors (Lipinski definition) is 3. The average molecular weight is 428 g/mol. The number of rotatable bonds is 5. The lowest BCUT2D eigenvalue weighted by atomic mass is 9.83. The Morgan fingerprint density at radius 3 is 2.65 bits per heavy atom. The van der Waals surface area contributed by atoms with Crippen molar-refractivity contribution in [2.75, 3.05) is 31.6 Å². The van der Waals surface area contributed by atoms with Gasteiger partial charge in [-0.05, 0) is 70.4 Å². The molecule has 2 aliphatic heterocycles. The summed E-state index contributed by atoms with van der Waals surface area (Å²) in [6.07, 6.45) is 11.4. The summed E-state index contributed by atoms with van der Waals surface area (Å²) in [5, 5.41) is 17.7.